The van der Waals surface area contributed by atoms with Crippen molar-refractivity contribution in [1.82, 2.24) is 0 Å². The smallest absolute Gasteiger partial charge is 0.187 e. The standard InChI is InChI=1S/C12H22O10/c1-3-5(14)6(15)9(18)12(20-3)22-10-4(2-13)21-11(19)8(17)7(10)16/h3-19H,2H2,1H3/t3?,4?,5-,6?,7?,8-,9-,10+,11+,12+/m0/s1. The number of aliphatic hydroxyl groups excluding tert-OH is 7. The van der Waals surface area contributed by atoms with E-state index in [1.165, 1.54) is 6.92 Å². The van der Waals surface area contributed by atoms with Crippen LogP contribution in [-0.4, -0.2) is 104 Å². The Labute approximate surface area is 126 Å². The van der Waals surface area contributed by atoms with Gasteiger partial charge in [-0.2, -0.15) is 0 Å². The predicted octanol–water partition coefficient (Wildman–Crippen LogP) is -4.37. The summed E-state index contributed by atoms with van der Waals surface area (Å²) in [4.78, 5) is 0. The van der Waals surface area contributed by atoms with Crippen LogP contribution < -0.4 is 0 Å². The summed E-state index contributed by atoms with van der Waals surface area (Å²) < 4.78 is 15.4. The van der Waals surface area contributed by atoms with Gasteiger partial charge in [0.15, 0.2) is 12.6 Å². The van der Waals surface area contributed by atoms with Gasteiger partial charge in [-0.05, 0) is 6.92 Å². The Bertz CT molecular complexity index is 366. The molecular formula is C12H22O10. The highest BCUT2D eigenvalue weighted by molar-refractivity contribution is 4.93. The molecule has 0 radical (unpaired) electrons. The van der Waals surface area contributed by atoms with Crippen LogP contribution in [-0.2, 0) is 14.2 Å². The van der Waals surface area contributed by atoms with Gasteiger partial charge in [-0.1, -0.05) is 0 Å². The number of hydrogen-bond acceptors (Lipinski definition) is 10. The molecule has 0 spiro atoms. The fraction of sp³-hybridized carbons (Fsp3) is 1.00. The lowest BCUT2D eigenvalue weighted by molar-refractivity contribution is -0.352. The Morgan fingerprint density at radius 2 is 1.45 bits per heavy atom. The van der Waals surface area contributed by atoms with Crippen LogP contribution in [0.25, 0.3) is 0 Å². The van der Waals surface area contributed by atoms with Crippen LogP contribution in [0.15, 0.2) is 0 Å². The van der Waals surface area contributed by atoms with E-state index < -0.39 is 68.0 Å². The van der Waals surface area contributed by atoms with Crippen molar-refractivity contribution in [1.29, 1.82) is 0 Å². The minimum Gasteiger partial charge on any atom is -0.394 e. The third-order valence-corrected chi connectivity index (χ3v) is 3.94. The Kier molecular flexibility index (Phi) is 5.72. The minimum atomic E-state index is -1.70. The Balaban J connectivity index is 2.10. The van der Waals surface area contributed by atoms with Gasteiger partial charge in [0.2, 0.25) is 0 Å². The van der Waals surface area contributed by atoms with Gasteiger partial charge in [-0.15, -0.1) is 0 Å². The zero-order valence-electron chi connectivity index (χ0n) is 11.8. The highest BCUT2D eigenvalue weighted by atomic mass is 16.7. The van der Waals surface area contributed by atoms with Gasteiger partial charge >= 0.3 is 0 Å². The van der Waals surface area contributed by atoms with Crippen LogP contribution in [0.2, 0.25) is 0 Å². The molecule has 0 aliphatic carbocycles. The quantitative estimate of drug-likeness (QED) is 0.269. The first kappa shape index (κ1) is 17.9. The van der Waals surface area contributed by atoms with Crippen molar-refractivity contribution >= 4 is 0 Å². The van der Waals surface area contributed by atoms with Crippen molar-refractivity contribution in [3.63, 3.8) is 0 Å². The van der Waals surface area contributed by atoms with Gasteiger partial charge < -0.3 is 50.0 Å². The fourth-order valence-corrected chi connectivity index (χ4v) is 2.52. The highest BCUT2D eigenvalue weighted by Crippen LogP contribution is 2.28. The molecule has 2 heterocycles. The number of hydrogen-bond donors (Lipinski definition) is 7. The predicted molar refractivity (Wildman–Crippen MR) is 67.2 cm³/mol. The van der Waals surface area contributed by atoms with Crippen molar-refractivity contribution in [2.24, 2.45) is 0 Å². The van der Waals surface area contributed by atoms with E-state index in [-0.39, 0.29) is 0 Å². The van der Waals surface area contributed by atoms with Gasteiger partial charge in [0, 0.05) is 0 Å². The van der Waals surface area contributed by atoms with Crippen molar-refractivity contribution in [3.05, 3.63) is 0 Å². The van der Waals surface area contributed by atoms with Crippen LogP contribution in [0, 0.1) is 0 Å². The average molecular weight is 326 g/mol. The summed E-state index contributed by atoms with van der Waals surface area (Å²) in [6, 6.07) is 0. The van der Waals surface area contributed by atoms with E-state index in [1.807, 2.05) is 0 Å². The minimum absolute atomic E-state index is 0.630. The highest BCUT2D eigenvalue weighted by Gasteiger charge is 2.49. The van der Waals surface area contributed by atoms with Gasteiger partial charge in [0.25, 0.3) is 0 Å². The monoisotopic (exact) mass is 326 g/mol. The molecule has 0 saturated carbocycles. The van der Waals surface area contributed by atoms with E-state index in [4.69, 9.17) is 14.2 Å². The Morgan fingerprint density at radius 1 is 0.818 bits per heavy atom. The number of rotatable bonds is 3. The second-order valence-electron chi connectivity index (χ2n) is 5.51. The van der Waals surface area contributed by atoms with E-state index in [1.54, 1.807) is 0 Å². The third-order valence-electron chi connectivity index (χ3n) is 3.94. The largest absolute Gasteiger partial charge is 0.394 e. The molecule has 10 nitrogen and oxygen atoms in total. The van der Waals surface area contributed by atoms with E-state index in [9.17, 15) is 35.7 Å². The molecule has 2 fully saturated rings. The molecule has 0 amide bonds. The van der Waals surface area contributed by atoms with Gasteiger partial charge in [0.05, 0.1) is 12.7 Å². The second kappa shape index (κ2) is 7.01. The van der Waals surface area contributed by atoms with E-state index in [0.717, 1.165) is 0 Å². The summed E-state index contributed by atoms with van der Waals surface area (Å²) in [5, 5.41) is 67.3. The molecule has 2 saturated heterocycles. The molecule has 10 atom stereocenters. The normalized spacial score (nSPS) is 53.5. The summed E-state index contributed by atoms with van der Waals surface area (Å²) in [6.45, 7) is 0.821. The molecule has 0 aromatic heterocycles. The third kappa shape index (κ3) is 3.26. The van der Waals surface area contributed by atoms with Crippen molar-refractivity contribution < 1.29 is 50.0 Å². The number of ether oxygens (including phenoxy) is 3. The number of aliphatic hydroxyl groups is 7. The molecular weight excluding hydrogens is 304 g/mol. The molecule has 0 bridgehead atoms. The second-order valence-corrected chi connectivity index (χ2v) is 5.51. The summed E-state index contributed by atoms with van der Waals surface area (Å²) in [6.07, 6.45) is -14.2. The first-order chi connectivity index (χ1) is 10.3. The van der Waals surface area contributed by atoms with Crippen LogP contribution >= 0.6 is 0 Å². The molecule has 2 aliphatic heterocycles. The summed E-state index contributed by atoms with van der Waals surface area (Å²) in [5.41, 5.74) is 0. The SMILES string of the molecule is CC1O[C@H](O[C@@H]2C(CO)O[C@@H](O)[C@@H](O)C2O)[C@@H](O)C(O)[C@H]1O. The molecule has 0 aromatic rings. The first-order valence-electron chi connectivity index (χ1n) is 6.93. The van der Waals surface area contributed by atoms with E-state index in [2.05, 4.69) is 0 Å². The molecule has 2 rings (SSSR count). The topological polar surface area (TPSA) is 169 Å². The Morgan fingerprint density at radius 3 is 2.05 bits per heavy atom. The van der Waals surface area contributed by atoms with Gasteiger partial charge in [-0.3, -0.25) is 0 Å². The van der Waals surface area contributed by atoms with Crippen LogP contribution in [0.3, 0.4) is 0 Å². The zero-order chi connectivity index (χ0) is 16.6. The first-order valence-corrected chi connectivity index (χ1v) is 6.93. The lowest BCUT2D eigenvalue weighted by atomic mass is 9.97. The maximum atomic E-state index is 9.93. The van der Waals surface area contributed by atoms with Crippen LogP contribution in [0.1, 0.15) is 6.92 Å². The van der Waals surface area contributed by atoms with E-state index in [0.29, 0.717) is 0 Å². The van der Waals surface area contributed by atoms with Crippen LogP contribution in [0.5, 0.6) is 0 Å². The van der Waals surface area contributed by atoms with Crippen LogP contribution in [0.4, 0.5) is 0 Å². The van der Waals surface area contributed by atoms with Crippen molar-refractivity contribution in [3.8, 4) is 0 Å². The molecule has 4 unspecified atom stereocenters. The summed E-state index contributed by atoms with van der Waals surface area (Å²) in [7, 11) is 0. The Hall–Kier alpha value is -0.400. The summed E-state index contributed by atoms with van der Waals surface area (Å²) in [5.74, 6) is 0. The lowest BCUT2D eigenvalue weighted by Crippen LogP contribution is -2.63. The molecule has 22 heavy (non-hydrogen) atoms. The van der Waals surface area contributed by atoms with Gasteiger partial charge in [0.1, 0.15) is 42.7 Å². The molecule has 2 aliphatic rings. The van der Waals surface area contributed by atoms with E-state index >= 15 is 0 Å². The maximum Gasteiger partial charge on any atom is 0.187 e. The average Bonchev–Trinajstić information content (AvgIpc) is 2.50. The lowest BCUT2D eigenvalue weighted by Gasteiger charge is -2.44. The molecule has 0 aromatic carbocycles. The van der Waals surface area contributed by atoms with Crippen molar-refractivity contribution in [2.45, 2.75) is 68.3 Å². The molecule has 130 valence electrons. The van der Waals surface area contributed by atoms with Gasteiger partial charge in [-0.25, -0.2) is 0 Å². The maximum absolute atomic E-state index is 9.93. The summed E-state index contributed by atoms with van der Waals surface area (Å²) >= 11 is 0. The van der Waals surface area contributed by atoms with Crippen molar-refractivity contribution in [2.75, 3.05) is 6.61 Å². The molecule has 7 N–H and O–H groups in total. The zero-order valence-corrected chi connectivity index (χ0v) is 11.8. The molecule has 10 heteroatoms. The fourth-order valence-electron chi connectivity index (χ4n) is 2.52.